The van der Waals surface area contributed by atoms with E-state index in [2.05, 4.69) is 21.8 Å². The van der Waals surface area contributed by atoms with E-state index in [0.29, 0.717) is 29.1 Å². The summed E-state index contributed by atoms with van der Waals surface area (Å²) in [5.41, 5.74) is 5.45. The molecule has 2 aromatic carbocycles. The third-order valence-corrected chi connectivity index (χ3v) is 5.82. The Morgan fingerprint density at radius 1 is 1.08 bits per heavy atom. The molecule has 9 nitrogen and oxygen atoms in total. The molecular formula is C27H29N5O4. The number of urea groups is 1. The van der Waals surface area contributed by atoms with E-state index >= 15 is 0 Å². The van der Waals surface area contributed by atoms with Crippen molar-refractivity contribution in [3.63, 3.8) is 0 Å². The molecule has 4 rings (SSSR count). The van der Waals surface area contributed by atoms with E-state index in [9.17, 15) is 9.59 Å². The van der Waals surface area contributed by atoms with Gasteiger partial charge >= 0.3 is 12.2 Å². The minimum absolute atomic E-state index is 0.221. The molecular weight excluding hydrogens is 458 g/mol. The van der Waals surface area contributed by atoms with Crippen LogP contribution >= 0.6 is 0 Å². The van der Waals surface area contributed by atoms with Gasteiger partial charge in [0.05, 0.1) is 16.9 Å². The maximum Gasteiger partial charge on any atom is 0.511 e. The molecule has 36 heavy (non-hydrogen) atoms. The highest BCUT2D eigenvalue weighted by atomic mass is 16.7. The lowest BCUT2D eigenvalue weighted by Crippen LogP contribution is -2.27. The van der Waals surface area contributed by atoms with Crippen LogP contribution in [0.3, 0.4) is 0 Å². The predicted octanol–water partition coefficient (Wildman–Crippen LogP) is 5.56. The molecule has 0 saturated carbocycles. The minimum atomic E-state index is -1.35. The zero-order valence-electron chi connectivity index (χ0n) is 20.8. The molecule has 0 aliphatic heterocycles. The van der Waals surface area contributed by atoms with Crippen molar-refractivity contribution < 1.29 is 19.4 Å². The predicted molar refractivity (Wildman–Crippen MR) is 139 cm³/mol. The van der Waals surface area contributed by atoms with Crippen molar-refractivity contribution in [3.8, 4) is 16.9 Å². The third kappa shape index (κ3) is 5.30. The molecule has 0 bridgehead atoms. The standard InChI is InChI=1S/C27H29N5O4/c1-5-8-24-30-25-22(15-21(17(2)28-25)29-26(33)31(3)4)32(24)16-18-11-13-19(14-12-18)20-9-6-7-10-23(20)36-27(34)35/h6-7,9-15H,5,8,16H2,1-4H3,(H,29,33)(H,34,35). The summed E-state index contributed by atoms with van der Waals surface area (Å²) in [5.74, 6) is 1.22. The molecule has 0 unspecified atom stereocenters. The first-order valence-corrected chi connectivity index (χ1v) is 11.7. The molecule has 2 N–H and O–H groups in total. The van der Waals surface area contributed by atoms with E-state index in [1.807, 2.05) is 49.4 Å². The maximum absolute atomic E-state index is 12.2. The highest BCUT2D eigenvalue weighted by molar-refractivity contribution is 5.91. The number of carboxylic acid groups (broad SMARTS) is 1. The fraction of sp³-hybridized carbons (Fsp3) is 0.259. The number of fused-ring (bicyclic) bond motifs is 1. The van der Waals surface area contributed by atoms with Gasteiger partial charge in [0.1, 0.15) is 11.6 Å². The Hall–Kier alpha value is -4.40. The summed E-state index contributed by atoms with van der Waals surface area (Å²) in [6.45, 7) is 4.54. The summed E-state index contributed by atoms with van der Waals surface area (Å²) in [5, 5.41) is 11.9. The number of amides is 2. The first-order valence-electron chi connectivity index (χ1n) is 11.7. The number of ether oxygens (including phenoxy) is 1. The average molecular weight is 488 g/mol. The Balaban J connectivity index is 1.68. The van der Waals surface area contributed by atoms with Crippen molar-refractivity contribution in [2.75, 3.05) is 19.4 Å². The molecule has 0 aliphatic rings. The van der Waals surface area contributed by atoms with Crippen LogP contribution in [0.15, 0.2) is 54.6 Å². The van der Waals surface area contributed by atoms with Crippen molar-refractivity contribution in [1.29, 1.82) is 0 Å². The molecule has 4 aromatic rings. The number of nitrogens with zero attached hydrogens (tertiary/aromatic N) is 4. The molecule has 0 fully saturated rings. The highest BCUT2D eigenvalue weighted by Crippen LogP contribution is 2.31. The number of para-hydroxylation sites is 1. The molecule has 0 saturated heterocycles. The first kappa shape index (κ1) is 24.7. The van der Waals surface area contributed by atoms with Crippen LogP contribution in [0.2, 0.25) is 0 Å². The van der Waals surface area contributed by atoms with Crippen molar-refractivity contribution in [3.05, 3.63) is 71.7 Å². The van der Waals surface area contributed by atoms with Gasteiger partial charge in [-0.1, -0.05) is 49.4 Å². The number of hydrogen-bond donors (Lipinski definition) is 2. The molecule has 2 heterocycles. The van der Waals surface area contributed by atoms with Crippen LogP contribution in [0.4, 0.5) is 15.3 Å². The van der Waals surface area contributed by atoms with Gasteiger partial charge in [0, 0.05) is 32.6 Å². The fourth-order valence-corrected chi connectivity index (χ4v) is 3.99. The number of rotatable bonds is 7. The number of anilines is 1. The van der Waals surface area contributed by atoms with Crippen molar-refractivity contribution in [1.82, 2.24) is 19.4 Å². The number of aryl methyl sites for hydroxylation is 2. The van der Waals surface area contributed by atoms with E-state index in [1.54, 1.807) is 26.2 Å². The second-order valence-electron chi connectivity index (χ2n) is 8.71. The number of carbonyl (C=O) groups is 2. The van der Waals surface area contributed by atoms with E-state index in [4.69, 9.17) is 14.8 Å². The van der Waals surface area contributed by atoms with Gasteiger partial charge in [-0.2, -0.15) is 0 Å². The topological polar surface area (TPSA) is 110 Å². The Labute approximate surface area is 209 Å². The molecule has 186 valence electrons. The Bertz CT molecular complexity index is 1410. The molecule has 0 radical (unpaired) electrons. The van der Waals surface area contributed by atoms with E-state index < -0.39 is 6.16 Å². The Morgan fingerprint density at radius 3 is 2.47 bits per heavy atom. The van der Waals surface area contributed by atoms with Gasteiger partial charge in [-0.25, -0.2) is 19.6 Å². The van der Waals surface area contributed by atoms with Crippen LogP contribution in [0.1, 0.15) is 30.4 Å². The average Bonchev–Trinajstić information content (AvgIpc) is 3.15. The quantitative estimate of drug-likeness (QED) is 0.261. The lowest BCUT2D eigenvalue weighted by molar-refractivity contribution is 0.144. The lowest BCUT2D eigenvalue weighted by Gasteiger charge is -2.14. The number of benzene rings is 2. The number of pyridine rings is 1. The SMILES string of the molecule is CCCc1nc2nc(C)c(NC(=O)N(C)C)cc2n1Cc1ccc(-c2ccccc2OC(=O)O)cc1. The molecule has 9 heteroatoms. The summed E-state index contributed by atoms with van der Waals surface area (Å²) < 4.78 is 7.07. The zero-order chi connectivity index (χ0) is 25.8. The van der Waals surface area contributed by atoms with Crippen LogP contribution in [-0.4, -0.2) is 50.8 Å². The van der Waals surface area contributed by atoms with Crippen LogP contribution < -0.4 is 10.1 Å². The molecule has 2 amide bonds. The van der Waals surface area contributed by atoms with Crippen molar-refractivity contribution in [2.24, 2.45) is 0 Å². The molecule has 0 atom stereocenters. The number of imidazole rings is 1. The van der Waals surface area contributed by atoms with E-state index in [1.165, 1.54) is 4.90 Å². The molecule has 0 aliphatic carbocycles. The second-order valence-corrected chi connectivity index (χ2v) is 8.71. The lowest BCUT2D eigenvalue weighted by atomic mass is 10.0. The summed E-state index contributed by atoms with van der Waals surface area (Å²) in [7, 11) is 3.38. The number of carbonyl (C=O) groups excluding carboxylic acids is 1. The third-order valence-electron chi connectivity index (χ3n) is 5.82. The molecule has 2 aromatic heterocycles. The van der Waals surface area contributed by atoms with Gasteiger partial charge < -0.3 is 24.6 Å². The summed E-state index contributed by atoms with van der Waals surface area (Å²) >= 11 is 0. The van der Waals surface area contributed by atoms with Crippen LogP contribution in [0.25, 0.3) is 22.3 Å². The fourth-order valence-electron chi connectivity index (χ4n) is 3.99. The number of aromatic nitrogens is 3. The van der Waals surface area contributed by atoms with Gasteiger partial charge in [0.2, 0.25) is 0 Å². The second kappa shape index (κ2) is 10.5. The van der Waals surface area contributed by atoms with Crippen LogP contribution in [0.5, 0.6) is 5.75 Å². The van der Waals surface area contributed by atoms with E-state index in [-0.39, 0.29) is 11.8 Å². The Kier molecular flexibility index (Phi) is 7.19. The summed E-state index contributed by atoms with van der Waals surface area (Å²) in [6, 6.07) is 16.7. The van der Waals surface area contributed by atoms with E-state index in [0.717, 1.165) is 35.3 Å². The van der Waals surface area contributed by atoms with Gasteiger partial charge in [-0.3, -0.25) is 0 Å². The highest BCUT2D eigenvalue weighted by Gasteiger charge is 2.16. The van der Waals surface area contributed by atoms with Gasteiger partial charge in [-0.15, -0.1) is 0 Å². The summed E-state index contributed by atoms with van der Waals surface area (Å²) in [6.07, 6.45) is 0.387. The monoisotopic (exact) mass is 487 g/mol. The van der Waals surface area contributed by atoms with Crippen LogP contribution in [-0.2, 0) is 13.0 Å². The minimum Gasteiger partial charge on any atom is -0.449 e. The normalized spacial score (nSPS) is 10.9. The smallest absolute Gasteiger partial charge is 0.449 e. The number of nitrogens with one attached hydrogen (secondary N) is 1. The van der Waals surface area contributed by atoms with Crippen molar-refractivity contribution in [2.45, 2.75) is 33.2 Å². The summed E-state index contributed by atoms with van der Waals surface area (Å²) in [4.78, 5) is 34.2. The largest absolute Gasteiger partial charge is 0.511 e. The zero-order valence-corrected chi connectivity index (χ0v) is 20.8. The number of hydrogen-bond acceptors (Lipinski definition) is 5. The van der Waals surface area contributed by atoms with Crippen LogP contribution in [0, 0.1) is 6.92 Å². The Morgan fingerprint density at radius 2 is 1.81 bits per heavy atom. The van der Waals surface area contributed by atoms with Crippen molar-refractivity contribution >= 4 is 29.0 Å². The first-order chi connectivity index (χ1) is 17.3. The van der Waals surface area contributed by atoms with Gasteiger partial charge in [0.25, 0.3) is 0 Å². The van der Waals surface area contributed by atoms with Gasteiger partial charge in [0.15, 0.2) is 5.65 Å². The van der Waals surface area contributed by atoms with Gasteiger partial charge in [-0.05, 0) is 36.6 Å². The maximum atomic E-state index is 12.2. The molecule has 0 spiro atoms.